The van der Waals surface area contributed by atoms with Crippen LogP contribution >= 0.6 is 0 Å². The summed E-state index contributed by atoms with van der Waals surface area (Å²) in [6, 6.07) is 0. The predicted octanol–water partition coefficient (Wildman–Crippen LogP) is 7.21. The molecule has 0 aromatic heterocycles. The summed E-state index contributed by atoms with van der Waals surface area (Å²) in [4.78, 5) is 14.0. The minimum atomic E-state index is -0.810. The molecule has 0 amide bonds. The molecule has 5 nitrogen and oxygen atoms in total. The van der Waals surface area contributed by atoms with Crippen molar-refractivity contribution in [1.29, 1.82) is 0 Å². The highest BCUT2D eigenvalue weighted by molar-refractivity contribution is 4.51. The molecule has 1 unspecified atom stereocenters. The molecule has 0 aromatic rings. The largest absolute Gasteiger partial charge is 0.352 e. The molecule has 0 saturated carbocycles. The summed E-state index contributed by atoms with van der Waals surface area (Å²) < 4.78 is 4.92. The number of hydrogen-bond donors (Lipinski definition) is 0. The average Bonchev–Trinajstić information content (AvgIpc) is 2.63. The van der Waals surface area contributed by atoms with Gasteiger partial charge in [0, 0.05) is 6.61 Å². The normalized spacial score (nSPS) is 16.6. The second kappa shape index (κ2) is 20.5. The third kappa shape index (κ3) is 19.5. The maximum atomic E-state index is 9.77. The molecule has 1 atom stereocenters. The van der Waals surface area contributed by atoms with Gasteiger partial charge in [-0.1, -0.05) is 104 Å². The first-order chi connectivity index (χ1) is 12.7. The highest BCUT2D eigenvalue weighted by Crippen LogP contribution is 2.13. The zero-order valence-corrected chi connectivity index (χ0v) is 17.4. The van der Waals surface area contributed by atoms with Crippen LogP contribution in [0.15, 0.2) is 0 Å². The molecule has 5 heteroatoms. The Balaban J connectivity index is 0.000000531. The molecular formula is C21H43NO4. The summed E-state index contributed by atoms with van der Waals surface area (Å²) in [5.41, 5.74) is 0. The Kier molecular flexibility index (Phi) is 19.8. The van der Waals surface area contributed by atoms with Crippen molar-refractivity contribution >= 4 is 0 Å². The van der Waals surface area contributed by atoms with Crippen molar-refractivity contribution in [3.05, 3.63) is 10.1 Å². The molecule has 0 N–H and O–H groups in total. The van der Waals surface area contributed by atoms with E-state index in [2.05, 4.69) is 18.7 Å². The van der Waals surface area contributed by atoms with Crippen LogP contribution in [0.25, 0.3) is 0 Å². The summed E-state index contributed by atoms with van der Waals surface area (Å²) >= 11 is 0. The molecule has 1 fully saturated rings. The van der Waals surface area contributed by atoms with Crippen molar-refractivity contribution in [2.45, 2.75) is 129 Å². The van der Waals surface area contributed by atoms with Crippen molar-refractivity contribution in [1.82, 2.24) is 0 Å². The molecule has 1 heterocycles. The lowest BCUT2D eigenvalue weighted by molar-refractivity contribution is -0.781. The van der Waals surface area contributed by atoms with Gasteiger partial charge in [-0.05, 0) is 19.3 Å². The van der Waals surface area contributed by atoms with Crippen molar-refractivity contribution < 1.29 is 14.7 Å². The monoisotopic (exact) mass is 373 g/mol. The van der Waals surface area contributed by atoms with E-state index in [0.717, 1.165) is 12.8 Å². The maximum absolute atomic E-state index is 9.77. The van der Waals surface area contributed by atoms with E-state index in [1.807, 2.05) is 0 Å². The second-order valence-corrected chi connectivity index (χ2v) is 7.37. The van der Waals surface area contributed by atoms with Crippen LogP contribution < -0.4 is 0 Å². The molecule has 1 aliphatic heterocycles. The molecule has 0 radical (unpaired) electrons. The molecule has 1 aliphatic rings. The number of unbranched alkanes of at least 4 members (excludes halogenated alkanes) is 13. The molecular weight excluding hydrogens is 330 g/mol. The minimum absolute atomic E-state index is 0.568. The maximum Gasteiger partial charge on any atom is 0.297 e. The molecule has 0 bridgehead atoms. The van der Waals surface area contributed by atoms with E-state index in [9.17, 15) is 10.1 Å². The lowest BCUT2D eigenvalue weighted by Crippen LogP contribution is -2.24. The summed E-state index contributed by atoms with van der Waals surface area (Å²) in [7, 11) is 0. The highest BCUT2D eigenvalue weighted by Gasteiger charge is 2.16. The van der Waals surface area contributed by atoms with Crippen LogP contribution in [0, 0.1) is 10.1 Å². The molecule has 1 rings (SSSR count). The zero-order chi connectivity index (χ0) is 19.3. The topological polar surface area (TPSA) is 61.6 Å². The van der Waals surface area contributed by atoms with Crippen LogP contribution in [0.5, 0.6) is 0 Å². The van der Waals surface area contributed by atoms with Crippen molar-refractivity contribution in [3.63, 3.8) is 0 Å². The van der Waals surface area contributed by atoms with E-state index in [0.29, 0.717) is 13.0 Å². The Hall–Kier alpha value is -0.840. The van der Waals surface area contributed by atoms with Gasteiger partial charge in [-0.3, -0.25) is 4.84 Å². The fraction of sp³-hybridized carbons (Fsp3) is 1.00. The number of hydrogen-bond acceptors (Lipinski definition) is 4. The summed E-state index contributed by atoms with van der Waals surface area (Å²) in [6.07, 6.45) is 22.3. The first kappa shape index (κ1) is 25.2. The number of ether oxygens (including phenoxy) is 1. The zero-order valence-electron chi connectivity index (χ0n) is 17.4. The van der Waals surface area contributed by atoms with Crippen molar-refractivity contribution in [2.24, 2.45) is 0 Å². The quantitative estimate of drug-likeness (QED) is 0.173. The second-order valence-electron chi connectivity index (χ2n) is 7.37. The van der Waals surface area contributed by atoms with Gasteiger partial charge in [-0.25, -0.2) is 0 Å². The van der Waals surface area contributed by atoms with E-state index >= 15 is 0 Å². The Morgan fingerprint density at radius 3 is 1.54 bits per heavy atom. The van der Waals surface area contributed by atoms with Crippen molar-refractivity contribution in [2.75, 3.05) is 6.61 Å². The number of nitrogens with zero attached hydrogens (tertiary/aromatic N) is 1. The lowest BCUT2D eigenvalue weighted by atomic mass is 10.0. The minimum Gasteiger partial charge on any atom is -0.352 e. The van der Waals surface area contributed by atoms with E-state index in [4.69, 9.17) is 4.74 Å². The third-order valence-electron chi connectivity index (χ3n) is 4.80. The van der Waals surface area contributed by atoms with E-state index in [-0.39, 0.29) is 0 Å². The van der Waals surface area contributed by atoms with Gasteiger partial charge >= 0.3 is 0 Å². The smallest absolute Gasteiger partial charge is 0.297 e. The van der Waals surface area contributed by atoms with Crippen molar-refractivity contribution in [3.8, 4) is 0 Å². The van der Waals surface area contributed by atoms with Gasteiger partial charge in [0.25, 0.3) is 5.09 Å². The molecule has 0 spiro atoms. The van der Waals surface area contributed by atoms with Crippen LogP contribution in [-0.4, -0.2) is 18.0 Å². The summed E-state index contributed by atoms with van der Waals surface area (Å²) in [5, 5.41) is 8.96. The molecule has 1 saturated heterocycles. The number of rotatable bonds is 15. The summed E-state index contributed by atoms with van der Waals surface area (Å²) in [6.45, 7) is 5.15. The van der Waals surface area contributed by atoms with Gasteiger partial charge in [0.2, 0.25) is 6.29 Å². The van der Waals surface area contributed by atoms with Gasteiger partial charge in [0.1, 0.15) is 0 Å². The lowest BCUT2D eigenvalue weighted by Gasteiger charge is -2.19. The fourth-order valence-electron chi connectivity index (χ4n) is 3.16. The van der Waals surface area contributed by atoms with Gasteiger partial charge < -0.3 is 4.74 Å². The van der Waals surface area contributed by atoms with E-state index in [1.165, 1.54) is 89.9 Å². The van der Waals surface area contributed by atoms with Gasteiger partial charge in [0.05, 0.1) is 0 Å². The third-order valence-corrected chi connectivity index (χ3v) is 4.80. The van der Waals surface area contributed by atoms with Crippen LogP contribution in [0.1, 0.15) is 123 Å². The van der Waals surface area contributed by atoms with Gasteiger partial charge in [-0.15, -0.1) is 10.1 Å². The molecule has 0 aromatic carbocycles. The standard InChI is InChI=1S/C16H34.C5H9NO4/c1-3-5-7-9-11-13-15-16-14-12-10-8-6-4-2;7-6(8)10-5-3-1-2-4-9-5/h3-16H2,1-2H3;5H,1-4H2. The fourth-order valence-corrected chi connectivity index (χ4v) is 3.16. The van der Waals surface area contributed by atoms with Crippen LogP contribution in [-0.2, 0) is 9.57 Å². The van der Waals surface area contributed by atoms with E-state index in [1.54, 1.807) is 0 Å². The highest BCUT2D eigenvalue weighted by atomic mass is 17.0. The SMILES string of the molecule is CCCCCCCCCCCCCCCC.O=[N+]([O-])OC1CCCCO1. The predicted molar refractivity (Wildman–Crippen MR) is 108 cm³/mol. The molecule has 156 valence electrons. The summed E-state index contributed by atoms with van der Waals surface area (Å²) in [5.74, 6) is 0. The Morgan fingerprint density at radius 1 is 0.808 bits per heavy atom. The molecule has 26 heavy (non-hydrogen) atoms. The Labute approximate surface area is 161 Å². The van der Waals surface area contributed by atoms with Crippen LogP contribution in [0.2, 0.25) is 0 Å². The first-order valence-corrected chi connectivity index (χ1v) is 11.1. The Morgan fingerprint density at radius 2 is 1.23 bits per heavy atom. The average molecular weight is 374 g/mol. The Bertz CT molecular complexity index is 280. The van der Waals surface area contributed by atoms with E-state index < -0.39 is 11.4 Å². The molecule has 0 aliphatic carbocycles. The van der Waals surface area contributed by atoms with Crippen LogP contribution in [0.3, 0.4) is 0 Å². The van der Waals surface area contributed by atoms with Gasteiger partial charge in [-0.2, -0.15) is 0 Å². The first-order valence-electron chi connectivity index (χ1n) is 11.1. The van der Waals surface area contributed by atoms with Gasteiger partial charge in [0.15, 0.2) is 0 Å². The van der Waals surface area contributed by atoms with Crippen LogP contribution in [0.4, 0.5) is 0 Å².